The molecule has 0 aliphatic heterocycles. The molecule has 1 heterocycles. The molecule has 0 bridgehead atoms. The van der Waals surface area contributed by atoms with Gasteiger partial charge in [0, 0.05) is 19.3 Å². The molecule has 2 aromatic carbocycles. The number of ether oxygens (including phenoxy) is 1. The lowest BCUT2D eigenvalue weighted by atomic mass is 10.1. The Bertz CT molecular complexity index is 934. The number of aromatic nitrogens is 1. The predicted octanol–water partition coefficient (Wildman–Crippen LogP) is 3.44. The highest BCUT2D eigenvalue weighted by Gasteiger charge is 2.12. The first kappa shape index (κ1) is 18.1. The largest absolute Gasteiger partial charge is 0.456 e. The first-order valence-electron chi connectivity index (χ1n) is 8.24. The number of benzene rings is 2. The van der Waals surface area contributed by atoms with Crippen molar-refractivity contribution in [3.8, 4) is 11.5 Å². The third-order valence-electron chi connectivity index (χ3n) is 3.89. The van der Waals surface area contributed by atoms with E-state index in [4.69, 9.17) is 4.74 Å². The smallest absolute Gasteiger partial charge is 0.168 e. The van der Waals surface area contributed by atoms with Crippen LogP contribution in [0, 0.1) is 6.92 Å². The van der Waals surface area contributed by atoms with Gasteiger partial charge in [0.15, 0.2) is 10.7 Å². The quantitative estimate of drug-likeness (QED) is 0.625. The van der Waals surface area contributed by atoms with Gasteiger partial charge in [0.2, 0.25) is 0 Å². The second-order valence-corrected chi connectivity index (χ2v) is 6.85. The SMILES string of the molecule is Cc1cc(Oc2cccnc2)cc(CNCc2ccccc2)c1[SH](=O)=O. The number of nitrogens with one attached hydrogen (secondary N) is 1. The molecule has 0 fully saturated rings. The number of pyridine rings is 1. The second-order valence-electron chi connectivity index (χ2n) is 5.88. The maximum Gasteiger partial charge on any atom is 0.168 e. The normalized spacial score (nSPS) is 10.8. The molecule has 26 heavy (non-hydrogen) atoms. The summed E-state index contributed by atoms with van der Waals surface area (Å²) in [4.78, 5) is 4.37. The molecule has 0 aliphatic carbocycles. The third-order valence-corrected chi connectivity index (χ3v) is 4.90. The summed E-state index contributed by atoms with van der Waals surface area (Å²) in [5.74, 6) is 1.20. The highest BCUT2D eigenvalue weighted by molar-refractivity contribution is 7.72. The van der Waals surface area contributed by atoms with E-state index < -0.39 is 10.7 Å². The summed E-state index contributed by atoms with van der Waals surface area (Å²) < 4.78 is 29.2. The molecule has 1 N–H and O–H groups in total. The first-order chi connectivity index (χ1) is 12.6. The van der Waals surface area contributed by atoms with E-state index in [0.29, 0.717) is 40.6 Å². The van der Waals surface area contributed by atoms with E-state index in [2.05, 4.69) is 10.3 Å². The molecule has 3 rings (SSSR count). The molecule has 0 spiro atoms. The molecule has 0 amide bonds. The van der Waals surface area contributed by atoms with Crippen molar-refractivity contribution in [2.24, 2.45) is 0 Å². The molecule has 1 aromatic heterocycles. The van der Waals surface area contributed by atoms with Crippen molar-refractivity contribution in [1.82, 2.24) is 10.3 Å². The van der Waals surface area contributed by atoms with Crippen LogP contribution < -0.4 is 10.1 Å². The number of hydrogen-bond acceptors (Lipinski definition) is 5. The molecule has 0 saturated heterocycles. The molecule has 0 atom stereocenters. The Hall–Kier alpha value is -2.70. The average Bonchev–Trinajstić information content (AvgIpc) is 2.63. The van der Waals surface area contributed by atoms with Gasteiger partial charge < -0.3 is 10.1 Å². The zero-order valence-corrected chi connectivity index (χ0v) is 15.3. The van der Waals surface area contributed by atoms with Gasteiger partial charge in [-0.15, -0.1) is 0 Å². The van der Waals surface area contributed by atoms with Crippen LogP contribution in [0.25, 0.3) is 0 Å². The van der Waals surface area contributed by atoms with E-state index in [-0.39, 0.29) is 0 Å². The van der Waals surface area contributed by atoms with E-state index >= 15 is 0 Å². The number of hydrogen-bond donors (Lipinski definition) is 2. The summed E-state index contributed by atoms with van der Waals surface area (Å²) in [5.41, 5.74) is 2.50. The molecule has 0 unspecified atom stereocenters. The average molecular weight is 368 g/mol. The van der Waals surface area contributed by atoms with Crippen molar-refractivity contribution in [1.29, 1.82) is 0 Å². The van der Waals surface area contributed by atoms with Crippen LogP contribution in [0.4, 0.5) is 0 Å². The molecular weight excluding hydrogens is 348 g/mol. The number of aryl methyl sites for hydroxylation is 1. The molecular formula is C20H20N2O3S. The number of thiol groups is 1. The minimum absolute atomic E-state index is 0.346. The van der Waals surface area contributed by atoms with Crippen molar-refractivity contribution in [3.05, 3.63) is 83.7 Å². The van der Waals surface area contributed by atoms with Crippen LogP contribution in [0.2, 0.25) is 0 Å². The zero-order valence-electron chi connectivity index (χ0n) is 14.4. The monoisotopic (exact) mass is 368 g/mol. The first-order valence-corrected chi connectivity index (χ1v) is 9.41. The van der Waals surface area contributed by atoms with Gasteiger partial charge in [0.05, 0.1) is 11.1 Å². The van der Waals surface area contributed by atoms with E-state index in [1.54, 1.807) is 43.6 Å². The fourth-order valence-corrected chi connectivity index (χ4v) is 3.48. The molecule has 0 radical (unpaired) electrons. The minimum Gasteiger partial charge on any atom is -0.456 e. The van der Waals surface area contributed by atoms with Crippen LogP contribution in [0.3, 0.4) is 0 Å². The lowest BCUT2D eigenvalue weighted by molar-refractivity contribution is 0.477. The maximum absolute atomic E-state index is 11.7. The van der Waals surface area contributed by atoms with Gasteiger partial charge in [-0.25, -0.2) is 8.42 Å². The van der Waals surface area contributed by atoms with Crippen LogP contribution in [0.15, 0.2) is 71.9 Å². The summed E-state index contributed by atoms with van der Waals surface area (Å²) in [6.45, 7) is 2.86. The number of rotatable bonds is 7. The van der Waals surface area contributed by atoms with Crippen molar-refractivity contribution in [2.75, 3.05) is 0 Å². The van der Waals surface area contributed by atoms with Crippen molar-refractivity contribution in [2.45, 2.75) is 24.9 Å². The Kier molecular flexibility index (Phi) is 5.99. The Morgan fingerprint density at radius 3 is 2.50 bits per heavy atom. The highest BCUT2D eigenvalue weighted by Crippen LogP contribution is 2.27. The highest BCUT2D eigenvalue weighted by atomic mass is 32.2. The lowest BCUT2D eigenvalue weighted by Crippen LogP contribution is -2.14. The van der Waals surface area contributed by atoms with E-state index in [9.17, 15) is 8.42 Å². The number of nitrogens with zero attached hydrogens (tertiary/aromatic N) is 1. The molecule has 0 aliphatic rings. The van der Waals surface area contributed by atoms with E-state index in [1.165, 1.54) is 0 Å². The molecule has 5 nitrogen and oxygen atoms in total. The van der Waals surface area contributed by atoms with Gasteiger partial charge >= 0.3 is 0 Å². The third kappa shape index (κ3) is 4.68. The summed E-state index contributed by atoms with van der Waals surface area (Å²) in [5, 5.41) is 3.30. The summed E-state index contributed by atoms with van der Waals surface area (Å²) in [6.07, 6.45) is 3.28. The summed E-state index contributed by atoms with van der Waals surface area (Å²) in [6, 6.07) is 17.0. The van der Waals surface area contributed by atoms with Crippen molar-refractivity contribution < 1.29 is 13.2 Å². The van der Waals surface area contributed by atoms with E-state index in [0.717, 1.165) is 5.56 Å². The fraction of sp³-hybridized carbons (Fsp3) is 0.150. The Balaban J connectivity index is 1.81. The Morgan fingerprint density at radius 1 is 1.00 bits per heavy atom. The predicted molar refractivity (Wildman–Crippen MR) is 101 cm³/mol. The van der Waals surface area contributed by atoms with Gasteiger partial charge in [-0.1, -0.05) is 30.3 Å². The molecule has 3 aromatic rings. The van der Waals surface area contributed by atoms with Gasteiger partial charge in [0.1, 0.15) is 11.5 Å². The standard InChI is InChI=1S/C20H20N2O3S/c1-15-10-19(25-18-8-5-9-21-14-18)11-17(20(15)26(23)24)13-22-12-16-6-3-2-4-7-16/h2-11,14,22,26H,12-13H2,1H3. The Morgan fingerprint density at radius 2 is 1.81 bits per heavy atom. The van der Waals surface area contributed by atoms with Crippen LogP contribution in [0.5, 0.6) is 11.5 Å². The van der Waals surface area contributed by atoms with Gasteiger partial charge in [-0.3, -0.25) is 4.98 Å². The van der Waals surface area contributed by atoms with E-state index in [1.807, 2.05) is 30.3 Å². The van der Waals surface area contributed by atoms with Crippen molar-refractivity contribution >= 4 is 10.7 Å². The van der Waals surface area contributed by atoms with Crippen LogP contribution in [0.1, 0.15) is 16.7 Å². The fourth-order valence-electron chi connectivity index (χ4n) is 2.75. The van der Waals surface area contributed by atoms with Crippen LogP contribution in [-0.4, -0.2) is 13.4 Å². The lowest BCUT2D eigenvalue weighted by Gasteiger charge is -2.13. The van der Waals surface area contributed by atoms with Crippen molar-refractivity contribution in [3.63, 3.8) is 0 Å². The second kappa shape index (κ2) is 8.60. The zero-order chi connectivity index (χ0) is 18.4. The van der Waals surface area contributed by atoms with Gasteiger partial charge in [-0.2, -0.15) is 0 Å². The van der Waals surface area contributed by atoms with Crippen LogP contribution in [-0.2, 0) is 23.8 Å². The van der Waals surface area contributed by atoms with Gasteiger partial charge in [-0.05, 0) is 47.9 Å². The van der Waals surface area contributed by atoms with Gasteiger partial charge in [0.25, 0.3) is 0 Å². The molecule has 134 valence electrons. The minimum atomic E-state index is -2.69. The summed E-state index contributed by atoms with van der Waals surface area (Å²) in [7, 11) is -2.69. The molecule has 6 heteroatoms. The topological polar surface area (TPSA) is 68.3 Å². The maximum atomic E-state index is 11.7. The Labute approximate surface area is 154 Å². The van der Waals surface area contributed by atoms with Crippen LogP contribution >= 0.6 is 0 Å². The molecule has 0 saturated carbocycles. The summed E-state index contributed by atoms with van der Waals surface area (Å²) >= 11 is 0.